The van der Waals surface area contributed by atoms with Gasteiger partial charge in [-0.15, -0.1) is 0 Å². The Balaban J connectivity index is 0.000000211. The number of Topliss-reactive ketones (excluding diaryl/α,β-unsaturated/α-hetero) is 2. The van der Waals surface area contributed by atoms with E-state index in [9.17, 15) is 9.59 Å². The van der Waals surface area contributed by atoms with E-state index in [1.165, 1.54) is 13.8 Å². The number of carbonyl (C=O) groups is 2. The fourth-order valence-corrected chi connectivity index (χ4v) is 0.743. The van der Waals surface area contributed by atoms with E-state index in [0.717, 1.165) is 6.42 Å². The van der Waals surface area contributed by atoms with E-state index in [2.05, 4.69) is 24.3 Å². The van der Waals surface area contributed by atoms with Crippen molar-refractivity contribution in [1.82, 2.24) is 0 Å². The highest BCUT2D eigenvalue weighted by atomic mass is 16.1. The lowest BCUT2D eigenvalue weighted by Crippen LogP contribution is -1.97. The smallest absolute Gasteiger partial charge is 0.137 e. The van der Waals surface area contributed by atoms with Crippen molar-refractivity contribution in [3.8, 4) is 0 Å². The molecule has 0 heterocycles. The molecule has 0 amide bonds. The first-order chi connectivity index (χ1) is 5.63. The van der Waals surface area contributed by atoms with Crippen LogP contribution in [0.15, 0.2) is 24.3 Å². The monoisotopic (exact) mass is 166 g/mol. The van der Waals surface area contributed by atoms with E-state index >= 15 is 0 Å². The van der Waals surface area contributed by atoms with Gasteiger partial charge in [0.2, 0.25) is 0 Å². The number of hydrogen-bond donors (Lipinski definition) is 0. The van der Waals surface area contributed by atoms with E-state index in [1.54, 1.807) is 0 Å². The van der Waals surface area contributed by atoms with Crippen LogP contribution in [0, 0.1) is 0 Å². The summed E-state index contributed by atoms with van der Waals surface area (Å²) in [4.78, 5) is 20.1. The van der Waals surface area contributed by atoms with E-state index in [1.807, 2.05) is 0 Å². The van der Waals surface area contributed by atoms with Crippen molar-refractivity contribution in [3.05, 3.63) is 24.3 Å². The average Bonchev–Trinajstić information content (AvgIpc) is 2.36. The Kier molecular flexibility index (Phi) is 5.88. The zero-order valence-electron chi connectivity index (χ0n) is 7.54. The van der Waals surface area contributed by atoms with Gasteiger partial charge in [0.15, 0.2) is 0 Å². The Morgan fingerprint density at radius 3 is 1.58 bits per heavy atom. The Hall–Kier alpha value is -1.18. The third kappa shape index (κ3) is 8.82. The molecule has 0 spiro atoms. The van der Waals surface area contributed by atoms with Crippen LogP contribution in [-0.2, 0) is 9.59 Å². The van der Waals surface area contributed by atoms with Crippen LogP contribution >= 0.6 is 0 Å². The van der Waals surface area contributed by atoms with Crippen LogP contribution in [0.3, 0.4) is 0 Å². The maximum Gasteiger partial charge on any atom is 0.137 e. The van der Waals surface area contributed by atoms with E-state index in [4.69, 9.17) is 0 Å². The molecule has 0 aromatic rings. The van der Waals surface area contributed by atoms with E-state index in [-0.39, 0.29) is 18.0 Å². The van der Waals surface area contributed by atoms with Gasteiger partial charge in [-0.1, -0.05) is 24.3 Å². The van der Waals surface area contributed by atoms with Crippen molar-refractivity contribution in [2.75, 3.05) is 0 Å². The molecule has 1 rings (SSSR count). The van der Waals surface area contributed by atoms with E-state index < -0.39 is 0 Å². The molecule has 0 N–H and O–H groups in total. The molecule has 0 radical (unpaired) electrons. The summed E-state index contributed by atoms with van der Waals surface area (Å²) in [7, 11) is 0. The quantitative estimate of drug-likeness (QED) is 0.588. The lowest BCUT2D eigenvalue weighted by molar-refractivity contribution is -0.124. The fourth-order valence-electron chi connectivity index (χ4n) is 0.743. The minimum Gasteiger partial charge on any atom is -0.300 e. The van der Waals surface area contributed by atoms with Crippen LogP contribution in [0.5, 0.6) is 0 Å². The van der Waals surface area contributed by atoms with E-state index in [0.29, 0.717) is 0 Å². The van der Waals surface area contributed by atoms with Crippen LogP contribution in [0.25, 0.3) is 0 Å². The van der Waals surface area contributed by atoms with Crippen LogP contribution in [0.2, 0.25) is 0 Å². The first-order valence-corrected chi connectivity index (χ1v) is 3.93. The van der Waals surface area contributed by atoms with Gasteiger partial charge in [0.25, 0.3) is 0 Å². The molecule has 0 aliphatic heterocycles. The van der Waals surface area contributed by atoms with Gasteiger partial charge in [-0.05, 0) is 20.3 Å². The SMILES string of the molecule is C1=CCC=C1.CC(=O)CC(C)=O. The third-order valence-electron chi connectivity index (χ3n) is 1.15. The van der Waals surface area contributed by atoms with Crippen molar-refractivity contribution < 1.29 is 9.59 Å². The fraction of sp³-hybridized carbons (Fsp3) is 0.400. The largest absolute Gasteiger partial charge is 0.300 e. The first-order valence-electron chi connectivity index (χ1n) is 3.93. The summed E-state index contributed by atoms with van der Waals surface area (Å²) in [6.07, 6.45) is 9.58. The Bertz CT molecular complexity index is 190. The Labute approximate surface area is 73.0 Å². The van der Waals surface area contributed by atoms with Gasteiger partial charge >= 0.3 is 0 Å². The lowest BCUT2D eigenvalue weighted by atomic mass is 10.2. The summed E-state index contributed by atoms with van der Waals surface area (Å²) in [5, 5.41) is 0. The molecular weight excluding hydrogens is 152 g/mol. The number of rotatable bonds is 2. The second-order valence-corrected chi connectivity index (χ2v) is 2.67. The zero-order chi connectivity index (χ0) is 9.40. The molecule has 12 heavy (non-hydrogen) atoms. The highest BCUT2D eigenvalue weighted by Gasteiger charge is 1.94. The number of hydrogen-bond acceptors (Lipinski definition) is 2. The predicted molar refractivity (Wildman–Crippen MR) is 48.9 cm³/mol. The van der Waals surface area contributed by atoms with Gasteiger partial charge in [0, 0.05) is 0 Å². The minimum atomic E-state index is -0.0625. The predicted octanol–water partition coefficient (Wildman–Crippen LogP) is 2.06. The van der Waals surface area contributed by atoms with Crippen molar-refractivity contribution in [3.63, 3.8) is 0 Å². The standard InChI is InChI=1S/C5H8O2.C5H6/c1-4(6)3-5(2)7;1-2-4-5-3-1/h3H2,1-2H3;1-4H,5H2. The molecule has 0 fully saturated rings. The molecule has 0 saturated heterocycles. The summed E-state index contributed by atoms with van der Waals surface area (Å²) in [6, 6.07) is 0. The zero-order valence-corrected chi connectivity index (χ0v) is 7.54. The minimum absolute atomic E-state index is 0.0625. The van der Waals surface area contributed by atoms with Gasteiger partial charge in [-0.25, -0.2) is 0 Å². The maximum absolute atomic E-state index is 10.0. The summed E-state index contributed by atoms with van der Waals surface area (Å²) in [5.74, 6) is -0.125. The molecule has 2 nitrogen and oxygen atoms in total. The molecule has 2 heteroatoms. The number of carbonyl (C=O) groups excluding carboxylic acids is 2. The summed E-state index contributed by atoms with van der Waals surface area (Å²) in [6.45, 7) is 2.81. The van der Waals surface area contributed by atoms with Gasteiger partial charge in [-0.3, -0.25) is 9.59 Å². The molecule has 1 aliphatic rings. The van der Waals surface area contributed by atoms with Crippen molar-refractivity contribution in [2.45, 2.75) is 26.7 Å². The normalized spacial score (nSPS) is 12.2. The summed E-state index contributed by atoms with van der Waals surface area (Å²) < 4.78 is 0. The van der Waals surface area contributed by atoms with Crippen molar-refractivity contribution in [1.29, 1.82) is 0 Å². The molecule has 0 bridgehead atoms. The lowest BCUT2D eigenvalue weighted by Gasteiger charge is -1.81. The second kappa shape index (κ2) is 6.53. The molecule has 0 unspecified atom stereocenters. The van der Waals surface area contributed by atoms with Crippen molar-refractivity contribution >= 4 is 11.6 Å². The van der Waals surface area contributed by atoms with Gasteiger partial charge in [0.1, 0.15) is 11.6 Å². The highest BCUT2D eigenvalue weighted by Crippen LogP contribution is 1.93. The Morgan fingerprint density at radius 1 is 1.08 bits per heavy atom. The number of ketones is 2. The van der Waals surface area contributed by atoms with Gasteiger partial charge in [-0.2, -0.15) is 0 Å². The topological polar surface area (TPSA) is 34.1 Å². The summed E-state index contributed by atoms with van der Waals surface area (Å²) >= 11 is 0. The molecule has 0 aromatic carbocycles. The van der Waals surface area contributed by atoms with Gasteiger partial charge < -0.3 is 0 Å². The third-order valence-corrected chi connectivity index (χ3v) is 1.15. The molecule has 1 aliphatic carbocycles. The van der Waals surface area contributed by atoms with Gasteiger partial charge in [0.05, 0.1) is 6.42 Å². The van der Waals surface area contributed by atoms with Crippen LogP contribution in [0.4, 0.5) is 0 Å². The molecule has 0 saturated carbocycles. The number of allylic oxidation sites excluding steroid dienone is 4. The van der Waals surface area contributed by atoms with Crippen LogP contribution in [-0.4, -0.2) is 11.6 Å². The Morgan fingerprint density at radius 2 is 1.50 bits per heavy atom. The van der Waals surface area contributed by atoms with Crippen molar-refractivity contribution in [2.24, 2.45) is 0 Å². The molecule has 0 aromatic heterocycles. The molecule has 66 valence electrons. The second-order valence-electron chi connectivity index (χ2n) is 2.67. The molecular formula is C10H14O2. The molecule has 0 atom stereocenters. The summed E-state index contributed by atoms with van der Waals surface area (Å²) in [5.41, 5.74) is 0. The highest BCUT2D eigenvalue weighted by molar-refractivity contribution is 5.96. The first kappa shape index (κ1) is 10.8. The average molecular weight is 166 g/mol. The van der Waals surface area contributed by atoms with Crippen LogP contribution in [0.1, 0.15) is 26.7 Å². The van der Waals surface area contributed by atoms with Crippen LogP contribution < -0.4 is 0 Å². The maximum atomic E-state index is 10.0.